The van der Waals surface area contributed by atoms with Crippen LogP contribution in [-0.2, 0) is 9.59 Å². The van der Waals surface area contributed by atoms with E-state index in [1.807, 2.05) is 0 Å². The highest BCUT2D eigenvalue weighted by molar-refractivity contribution is 8.00. The third-order valence-corrected chi connectivity index (χ3v) is 4.06. The second-order valence-corrected chi connectivity index (χ2v) is 5.45. The van der Waals surface area contributed by atoms with Crippen LogP contribution in [0.15, 0.2) is 29.2 Å². The lowest BCUT2D eigenvalue weighted by Crippen LogP contribution is -2.31. The minimum Gasteiger partial charge on any atom is -0.481 e. The van der Waals surface area contributed by atoms with E-state index >= 15 is 0 Å². The van der Waals surface area contributed by atoms with Crippen molar-refractivity contribution in [3.63, 3.8) is 0 Å². The number of carbonyl (C=O) groups excluding carboxylic acids is 1. The molecule has 102 valence electrons. The van der Waals surface area contributed by atoms with Crippen LogP contribution in [0.3, 0.4) is 0 Å². The fourth-order valence-corrected chi connectivity index (χ4v) is 2.76. The van der Waals surface area contributed by atoms with Gasteiger partial charge in [0.1, 0.15) is 5.82 Å². The van der Waals surface area contributed by atoms with Crippen LogP contribution in [0.1, 0.15) is 6.42 Å². The number of amides is 1. The van der Waals surface area contributed by atoms with Crippen LogP contribution in [-0.4, -0.2) is 40.7 Å². The molecule has 1 atom stereocenters. The summed E-state index contributed by atoms with van der Waals surface area (Å²) in [5.74, 6) is -1.42. The Hall–Kier alpha value is -1.56. The molecule has 4 nitrogen and oxygen atoms in total. The van der Waals surface area contributed by atoms with Crippen LogP contribution in [0.5, 0.6) is 0 Å². The van der Waals surface area contributed by atoms with Crippen molar-refractivity contribution in [2.75, 3.05) is 18.8 Å². The SMILES string of the molecule is O=C(O)C1CCN(C(=O)CSc2ccc(F)cc2)C1. The molecular formula is C13H14FNO3S. The summed E-state index contributed by atoms with van der Waals surface area (Å²) in [5.41, 5.74) is 0. The van der Waals surface area contributed by atoms with E-state index in [0.717, 1.165) is 4.90 Å². The Morgan fingerprint density at radius 3 is 2.63 bits per heavy atom. The van der Waals surface area contributed by atoms with Crippen molar-refractivity contribution >= 4 is 23.6 Å². The highest BCUT2D eigenvalue weighted by atomic mass is 32.2. The molecular weight excluding hydrogens is 269 g/mol. The Kier molecular flexibility index (Phi) is 4.42. The van der Waals surface area contributed by atoms with Gasteiger partial charge < -0.3 is 10.0 Å². The van der Waals surface area contributed by atoms with Gasteiger partial charge in [-0.3, -0.25) is 9.59 Å². The summed E-state index contributed by atoms with van der Waals surface area (Å²) in [6, 6.07) is 5.95. The summed E-state index contributed by atoms with van der Waals surface area (Å²) in [6.07, 6.45) is 0.516. The van der Waals surface area contributed by atoms with Crippen LogP contribution in [0.2, 0.25) is 0 Å². The first-order valence-corrected chi connectivity index (χ1v) is 6.94. The van der Waals surface area contributed by atoms with Crippen LogP contribution < -0.4 is 0 Å². The van der Waals surface area contributed by atoms with E-state index in [1.54, 1.807) is 17.0 Å². The van der Waals surface area contributed by atoms with E-state index in [1.165, 1.54) is 23.9 Å². The number of carboxylic acids is 1. The predicted octanol–water partition coefficient (Wildman–Crippen LogP) is 1.85. The number of hydrogen-bond donors (Lipinski definition) is 1. The minimum atomic E-state index is -0.846. The Morgan fingerprint density at radius 2 is 2.05 bits per heavy atom. The highest BCUT2D eigenvalue weighted by Gasteiger charge is 2.30. The molecule has 6 heteroatoms. The number of thioether (sulfide) groups is 1. The molecule has 1 aromatic carbocycles. The first-order chi connectivity index (χ1) is 9.06. The summed E-state index contributed by atoms with van der Waals surface area (Å²) in [6.45, 7) is 0.790. The average molecular weight is 283 g/mol. The van der Waals surface area contributed by atoms with Crippen molar-refractivity contribution in [3.05, 3.63) is 30.1 Å². The number of rotatable bonds is 4. The zero-order chi connectivity index (χ0) is 13.8. The molecule has 1 unspecified atom stereocenters. The maximum atomic E-state index is 12.7. The van der Waals surface area contributed by atoms with E-state index in [4.69, 9.17) is 5.11 Å². The second-order valence-electron chi connectivity index (χ2n) is 4.41. The maximum Gasteiger partial charge on any atom is 0.308 e. The standard InChI is InChI=1S/C13H14FNO3S/c14-10-1-3-11(4-2-10)19-8-12(16)15-6-5-9(7-15)13(17)18/h1-4,9H,5-8H2,(H,17,18). The molecule has 19 heavy (non-hydrogen) atoms. The highest BCUT2D eigenvalue weighted by Crippen LogP contribution is 2.21. The zero-order valence-electron chi connectivity index (χ0n) is 10.2. The molecule has 1 saturated heterocycles. The van der Waals surface area contributed by atoms with Gasteiger partial charge in [-0.2, -0.15) is 0 Å². The topological polar surface area (TPSA) is 57.6 Å². The average Bonchev–Trinajstić information content (AvgIpc) is 2.87. The molecule has 1 heterocycles. The van der Waals surface area contributed by atoms with E-state index in [-0.39, 0.29) is 24.0 Å². The van der Waals surface area contributed by atoms with E-state index in [9.17, 15) is 14.0 Å². The van der Waals surface area contributed by atoms with Gasteiger partial charge >= 0.3 is 5.97 Å². The lowest BCUT2D eigenvalue weighted by atomic mass is 10.1. The molecule has 0 saturated carbocycles. The lowest BCUT2D eigenvalue weighted by molar-refractivity contribution is -0.141. The number of benzene rings is 1. The van der Waals surface area contributed by atoms with Gasteiger partial charge in [-0.25, -0.2) is 4.39 Å². The largest absolute Gasteiger partial charge is 0.481 e. The molecule has 1 aromatic rings. The third-order valence-electron chi connectivity index (χ3n) is 3.07. The van der Waals surface area contributed by atoms with Crippen molar-refractivity contribution < 1.29 is 19.1 Å². The molecule has 1 N–H and O–H groups in total. The monoisotopic (exact) mass is 283 g/mol. The Labute approximate surface area is 114 Å². The van der Waals surface area contributed by atoms with Gasteiger partial charge in [0, 0.05) is 18.0 Å². The van der Waals surface area contributed by atoms with Gasteiger partial charge in [0.15, 0.2) is 0 Å². The van der Waals surface area contributed by atoms with Crippen molar-refractivity contribution in [2.24, 2.45) is 5.92 Å². The van der Waals surface area contributed by atoms with E-state index in [2.05, 4.69) is 0 Å². The third kappa shape index (κ3) is 3.70. The summed E-state index contributed by atoms with van der Waals surface area (Å²) >= 11 is 1.33. The molecule has 1 aliphatic heterocycles. The number of carbonyl (C=O) groups is 2. The Balaban J connectivity index is 1.82. The van der Waals surface area contributed by atoms with Gasteiger partial charge in [-0.05, 0) is 30.7 Å². The molecule has 0 radical (unpaired) electrons. The van der Waals surface area contributed by atoms with Crippen molar-refractivity contribution in [1.82, 2.24) is 4.90 Å². The molecule has 0 aliphatic carbocycles. The van der Waals surface area contributed by atoms with Gasteiger partial charge in [-0.1, -0.05) is 0 Å². The normalized spacial score (nSPS) is 18.6. The number of nitrogens with zero attached hydrogens (tertiary/aromatic N) is 1. The first-order valence-electron chi connectivity index (χ1n) is 5.95. The van der Waals surface area contributed by atoms with Gasteiger partial charge in [0.05, 0.1) is 11.7 Å². The number of likely N-dealkylation sites (tertiary alicyclic amines) is 1. The number of halogens is 1. The summed E-state index contributed by atoms with van der Waals surface area (Å²) in [7, 11) is 0. The minimum absolute atomic E-state index is 0.0712. The van der Waals surface area contributed by atoms with Crippen LogP contribution >= 0.6 is 11.8 Å². The first kappa shape index (κ1) is 13.9. The van der Waals surface area contributed by atoms with Crippen LogP contribution in [0.4, 0.5) is 4.39 Å². The molecule has 0 bridgehead atoms. The number of carboxylic acid groups (broad SMARTS) is 1. The summed E-state index contributed by atoms with van der Waals surface area (Å²) in [5, 5.41) is 8.87. The maximum absolute atomic E-state index is 12.7. The predicted molar refractivity (Wildman–Crippen MR) is 69.4 cm³/mol. The number of hydrogen-bond acceptors (Lipinski definition) is 3. The Bertz CT molecular complexity index is 477. The van der Waals surface area contributed by atoms with Crippen LogP contribution in [0.25, 0.3) is 0 Å². The van der Waals surface area contributed by atoms with Gasteiger partial charge in [0.2, 0.25) is 5.91 Å². The summed E-state index contributed by atoms with van der Waals surface area (Å²) < 4.78 is 12.7. The van der Waals surface area contributed by atoms with Crippen molar-refractivity contribution in [1.29, 1.82) is 0 Å². The molecule has 0 spiro atoms. The second kappa shape index (κ2) is 6.06. The molecule has 1 fully saturated rings. The molecule has 1 aliphatic rings. The number of aliphatic carboxylic acids is 1. The summed E-state index contributed by atoms with van der Waals surface area (Å²) in [4.78, 5) is 25.1. The van der Waals surface area contributed by atoms with Crippen molar-refractivity contribution in [2.45, 2.75) is 11.3 Å². The van der Waals surface area contributed by atoms with E-state index < -0.39 is 11.9 Å². The molecule has 1 amide bonds. The van der Waals surface area contributed by atoms with Crippen molar-refractivity contribution in [3.8, 4) is 0 Å². The quantitative estimate of drug-likeness (QED) is 0.857. The van der Waals surface area contributed by atoms with E-state index in [0.29, 0.717) is 13.0 Å². The van der Waals surface area contributed by atoms with Gasteiger partial charge in [0.25, 0.3) is 0 Å². The molecule has 0 aromatic heterocycles. The fraction of sp³-hybridized carbons (Fsp3) is 0.385. The lowest BCUT2D eigenvalue weighted by Gasteiger charge is -2.15. The smallest absolute Gasteiger partial charge is 0.308 e. The van der Waals surface area contributed by atoms with Gasteiger partial charge in [-0.15, -0.1) is 11.8 Å². The zero-order valence-corrected chi connectivity index (χ0v) is 11.0. The Morgan fingerprint density at radius 1 is 1.37 bits per heavy atom. The fourth-order valence-electron chi connectivity index (χ4n) is 1.96. The molecule has 2 rings (SSSR count). The van der Waals surface area contributed by atoms with Crippen LogP contribution in [0, 0.1) is 11.7 Å².